The summed E-state index contributed by atoms with van der Waals surface area (Å²) in [6.45, 7) is 2.14. The first-order valence-corrected chi connectivity index (χ1v) is 14.8. The van der Waals surface area contributed by atoms with Crippen LogP contribution in [0.4, 0.5) is 0 Å². The van der Waals surface area contributed by atoms with E-state index in [4.69, 9.17) is 10.2 Å². The van der Waals surface area contributed by atoms with Gasteiger partial charge >= 0.3 is 0 Å². The van der Waals surface area contributed by atoms with Crippen LogP contribution >= 0.6 is 0 Å². The Morgan fingerprint density at radius 2 is 1.07 bits per heavy atom. The van der Waals surface area contributed by atoms with Crippen molar-refractivity contribution in [3.05, 3.63) is 157 Å². The van der Waals surface area contributed by atoms with Crippen LogP contribution in [0.2, 0.25) is 0 Å². The zero-order valence-corrected chi connectivity index (χ0v) is 24.2. The fourth-order valence-electron chi connectivity index (χ4n) is 5.95. The second kappa shape index (κ2) is 10.8. The number of nitrogens with zero attached hydrogens (tertiary/aromatic N) is 4. The summed E-state index contributed by atoms with van der Waals surface area (Å²) in [5.41, 5.74) is 13.2. The maximum atomic E-state index is 4.99. The molecular weight excluding hydrogens is 536 g/mol. The van der Waals surface area contributed by atoms with E-state index < -0.39 is 0 Å². The molecule has 0 saturated heterocycles. The molecule has 4 heteroatoms. The van der Waals surface area contributed by atoms with Crippen molar-refractivity contribution in [2.24, 2.45) is 0 Å². The van der Waals surface area contributed by atoms with Crippen LogP contribution in [0, 0.1) is 6.92 Å². The van der Waals surface area contributed by atoms with E-state index in [9.17, 15) is 0 Å². The maximum Gasteiger partial charge on any atom is 0.121 e. The van der Waals surface area contributed by atoms with Crippen LogP contribution in [0.1, 0.15) is 5.56 Å². The predicted molar refractivity (Wildman–Crippen MR) is 181 cm³/mol. The van der Waals surface area contributed by atoms with Crippen molar-refractivity contribution in [1.82, 2.24) is 20.0 Å². The van der Waals surface area contributed by atoms with Crippen LogP contribution < -0.4 is 0 Å². The lowest BCUT2D eigenvalue weighted by Gasteiger charge is -2.10. The highest BCUT2D eigenvalue weighted by atomic mass is 15.5. The second-order valence-corrected chi connectivity index (χ2v) is 11.1. The Kier molecular flexibility index (Phi) is 6.31. The molecule has 0 aliphatic carbocycles. The Morgan fingerprint density at radius 1 is 0.455 bits per heavy atom. The zero-order chi connectivity index (χ0) is 29.5. The van der Waals surface area contributed by atoms with E-state index in [1.165, 1.54) is 33.2 Å². The first-order valence-electron chi connectivity index (χ1n) is 14.8. The minimum Gasteiger partial charge on any atom is -0.265 e. The molecule has 0 spiro atoms. The third-order valence-electron chi connectivity index (χ3n) is 8.25. The van der Waals surface area contributed by atoms with Gasteiger partial charge in [0.15, 0.2) is 0 Å². The van der Waals surface area contributed by atoms with Crippen LogP contribution in [-0.2, 0) is 0 Å². The minimum atomic E-state index is 0.867. The van der Waals surface area contributed by atoms with Crippen molar-refractivity contribution in [3.63, 3.8) is 0 Å². The molecule has 0 fully saturated rings. The standard InChI is InChI=1S/C40H28N4/c1-27-10-19-36-38(24-27)37(33-17-15-31(16-18-33)30-13-11-29(12-14-30)28-6-3-2-4-7-28)26-39-40(36)43-44(42-39)35-9-5-8-34(25-35)32-20-22-41-23-21-32/h2-26H,1H3. The van der Waals surface area contributed by atoms with Crippen LogP contribution in [-0.4, -0.2) is 20.0 Å². The summed E-state index contributed by atoms with van der Waals surface area (Å²) in [6.07, 6.45) is 3.62. The molecule has 0 N–H and O–H groups in total. The smallest absolute Gasteiger partial charge is 0.121 e. The number of rotatable bonds is 5. The van der Waals surface area contributed by atoms with E-state index in [1.54, 1.807) is 4.80 Å². The maximum absolute atomic E-state index is 4.99. The Bertz CT molecular complexity index is 2250. The number of aromatic nitrogens is 4. The third kappa shape index (κ3) is 4.73. The molecule has 0 aliphatic rings. The lowest BCUT2D eigenvalue weighted by atomic mass is 9.94. The molecule has 0 atom stereocenters. The normalized spacial score (nSPS) is 11.3. The van der Waals surface area contributed by atoms with Crippen molar-refractivity contribution < 1.29 is 0 Å². The van der Waals surface area contributed by atoms with Gasteiger partial charge in [-0.3, -0.25) is 4.98 Å². The van der Waals surface area contributed by atoms with Crippen LogP contribution in [0.15, 0.2) is 152 Å². The highest BCUT2D eigenvalue weighted by molar-refractivity contribution is 6.11. The molecule has 8 rings (SSSR count). The fourth-order valence-corrected chi connectivity index (χ4v) is 5.95. The highest BCUT2D eigenvalue weighted by Gasteiger charge is 2.15. The van der Waals surface area contributed by atoms with Gasteiger partial charge in [0.2, 0.25) is 0 Å². The van der Waals surface area contributed by atoms with Crippen molar-refractivity contribution in [2.45, 2.75) is 6.92 Å². The molecule has 0 saturated carbocycles. The van der Waals surface area contributed by atoms with Gasteiger partial charge in [-0.2, -0.15) is 4.80 Å². The molecule has 208 valence electrons. The Labute approximate surface area is 255 Å². The van der Waals surface area contributed by atoms with Crippen LogP contribution in [0.25, 0.3) is 72.0 Å². The van der Waals surface area contributed by atoms with E-state index >= 15 is 0 Å². The Morgan fingerprint density at radius 3 is 1.77 bits per heavy atom. The Hall–Kier alpha value is -5.87. The van der Waals surface area contributed by atoms with Crippen LogP contribution in [0.3, 0.4) is 0 Å². The summed E-state index contributed by atoms with van der Waals surface area (Å²) >= 11 is 0. The first kappa shape index (κ1) is 25.8. The van der Waals surface area contributed by atoms with E-state index in [0.29, 0.717) is 0 Å². The predicted octanol–water partition coefficient (Wildman–Crippen LogP) is 9.95. The van der Waals surface area contributed by atoms with Gasteiger partial charge in [-0.15, -0.1) is 10.2 Å². The average molecular weight is 565 g/mol. The molecular formula is C40H28N4. The van der Waals surface area contributed by atoms with Crippen molar-refractivity contribution in [1.29, 1.82) is 0 Å². The fraction of sp³-hybridized carbons (Fsp3) is 0.0250. The van der Waals surface area contributed by atoms with Gasteiger partial charge in [-0.1, -0.05) is 115 Å². The number of aryl methyl sites for hydroxylation is 1. The molecule has 0 aliphatic heterocycles. The van der Waals surface area contributed by atoms with E-state index in [-0.39, 0.29) is 0 Å². The van der Waals surface area contributed by atoms with Gasteiger partial charge in [0.25, 0.3) is 0 Å². The summed E-state index contributed by atoms with van der Waals surface area (Å²) < 4.78 is 0. The second-order valence-electron chi connectivity index (χ2n) is 11.1. The summed E-state index contributed by atoms with van der Waals surface area (Å²) in [5, 5.41) is 12.2. The molecule has 0 unspecified atom stereocenters. The number of hydrogen-bond donors (Lipinski definition) is 0. The first-order chi connectivity index (χ1) is 21.7. The van der Waals surface area contributed by atoms with Gasteiger partial charge < -0.3 is 0 Å². The summed E-state index contributed by atoms with van der Waals surface area (Å²) in [7, 11) is 0. The van der Waals surface area contributed by atoms with Gasteiger partial charge in [0, 0.05) is 17.8 Å². The molecule has 44 heavy (non-hydrogen) atoms. The van der Waals surface area contributed by atoms with Crippen molar-refractivity contribution >= 4 is 21.8 Å². The summed E-state index contributed by atoms with van der Waals surface area (Å²) in [5.74, 6) is 0. The van der Waals surface area contributed by atoms with E-state index in [1.807, 2.05) is 42.7 Å². The molecule has 0 radical (unpaired) electrons. The van der Waals surface area contributed by atoms with E-state index in [2.05, 4.69) is 121 Å². The number of fused-ring (bicyclic) bond motifs is 3. The van der Waals surface area contributed by atoms with Crippen LogP contribution in [0.5, 0.6) is 0 Å². The molecule has 4 nitrogen and oxygen atoms in total. The molecule has 8 aromatic rings. The molecule has 0 amide bonds. The lowest BCUT2D eigenvalue weighted by molar-refractivity contribution is 0.766. The molecule has 0 bridgehead atoms. The SMILES string of the molecule is Cc1ccc2c(c1)c(-c1ccc(-c3ccc(-c4ccccc4)cc3)cc1)cc1nn(-c3cccc(-c4ccncc4)c3)nc12. The molecule has 2 heterocycles. The Balaban J connectivity index is 1.18. The monoisotopic (exact) mass is 564 g/mol. The number of benzene rings is 6. The van der Waals surface area contributed by atoms with E-state index in [0.717, 1.165) is 44.4 Å². The number of hydrogen-bond acceptors (Lipinski definition) is 3. The minimum absolute atomic E-state index is 0.867. The van der Waals surface area contributed by atoms with Crippen molar-refractivity contribution in [2.75, 3.05) is 0 Å². The lowest BCUT2D eigenvalue weighted by Crippen LogP contribution is -1.98. The highest BCUT2D eigenvalue weighted by Crippen LogP contribution is 2.36. The van der Waals surface area contributed by atoms with Gasteiger partial charge in [-0.25, -0.2) is 0 Å². The van der Waals surface area contributed by atoms with Gasteiger partial charge in [0.05, 0.1) is 5.69 Å². The molecule has 6 aromatic carbocycles. The third-order valence-corrected chi connectivity index (χ3v) is 8.25. The number of pyridine rings is 1. The van der Waals surface area contributed by atoms with Gasteiger partial charge in [0.1, 0.15) is 11.0 Å². The summed E-state index contributed by atoms with van der Waals surface area (Å²) in [4.78, 5) is 5.90. The van der Waals surface area contributed by atoms with Crippen molar-refractivity contribution in [3.8, 4) is 50.2 Å². The summed E-state index contributed by atoms with van der Waals surface area (Å²) in [6, 6.07) is 49.2. The molecule has 2 aromatic heterocycles. The average Bonchev–Trinajstić information content (AvgIpc) is 3.53. The largest absolute Gasteiger partial charge is 0.265 e. The van der Waals surface area contributed by atoms with Gasteiger partial charge in [-0.05, 0) is 87.1 Å². The quantitative estimate of drug-likeness (QED) is 0.209. The topological polar surface area (TPSA) is 43.6 Å². The zero-order valence-electron chi connectivity index (χ0n) is 24.2.